The van der Waals surface area contributed by atoms with Crippen LogP contribution in [0.1, 0.15) is 31.2 Å². The number of benzene rings is 2. The number of amides is 2. The molecule has 2 amide bonds. The predicted octanol–water partition coefficient (Wildman–Crippen LogP) is 4.17. The molecule has 0 bridgehead atoms. The molecule has 7 heteroatoms. The van der Waals surface area contributed by atoms with Gasteiger partial charge >= 0.3 is 0 Å². The maximum atomic E-state index is 13.7. The summed E-state index contributed by atoms with van der Waals surface area (Å²) in [5, 5.41) is 5.22. The highest BCUT2D eigenvalue weighted by Gasteiger charge is 2.30. The van der Waals surface area contributed by atoms with Gasteiger partial charge in [-0.15, -0.1) is 0 Å². The van der Waals surface area contributed by atoms with Crippen LogP contribution in [0.4, 0.5) is 18.9 Å². The Hall–Kier alpha value is -2.83. The van der Waals surface area contributed by atoms with Gasteiger partial charge in [-0.25, -0.2) is 13.2 Å². The smallest absolute Gasteiger partial charge is 0.227 e. The second kappa shape index (κ2) is 8.91. The number of nitrogens with one attached hydrogen (secondary N) is 2. The van der Waals surface area contributed by atoms with Gasteiger partial charge in [-0.05, 0) is 43.4 Å². The normalized spacial score (nSPS) is 19.1. The summed E-state index contributed by atoms with van der Waals surface area (Å²) in [7, 11) is 0. The van der Waals surface area contributed by atoms with Crippen LogP contribution in [0.2, 0.25) is 0 Å². The molecule has 4 nitrogen and oxygen atoms in total. The van der Waals surface area contributed by atoms with E-state index in [2.05, 4.69) is 10.6 Å². The lowest BCUT2D eigenvalue weighted by Crippen LogP contribution is -2.35. The molecule has 2 aromatic rings. The van der Waals surface area contributed by atoms with E-state index in [1.165, 1.54) is 0 Å². The molecule has 0 aliphatic heterocycles. The van der Waals surface area contributed by atoms with Crippen LogP contribution in [0.15, 0.2) is 42.5 Å². The number of anilines is 1. The maximum absolute atomic E-state index is 13.7. The van der Waals surface area contributed by atoms with Gasteiger partial charge in [-0.1, -0.05) is 30.3 Å². The molecule has 2 aromatic carbocycles. The summed E-state index contributed by atoms with van der Waals surface area (Å²) in [6.45, 7) is 0.454. The third-order valence-electron chi connectivity index (χ3n) is 5.07. The summed E-state index contributed by atoms with van der Waals surface area (Å²) in [5.41, 5.74) is 0.629. The molecule has 3 rings (SSSR count). The molecule has 2 N–H and O–H groups in total. The fourth-order valence-electron chi connectivity index (χ4n) is 3.40. The van der Waals surface area contributed by atoms with E-state index in [-0.39, 0.29) is 17.5 Å². The van der Waals surface area contributed by atoms with Crippen molar-refractivity contribution in [3.63, 3.8) is 0 Å². The van der Waals surface area contributed by atoms with E-state index in [0.29, 0.717) is 32.2 Å². The summed E-state index contributed by atoms with van der Waals surface area (Å²) in [4.78, 5) is 24.6. The van der Waals surface area contributed by atoms with Crippen molar-refractivity contribution in [1.82, 2.24) is 5.32 Å². The Morgan fingerprint density at radius 3 is 2.07 bits per heavy atom. The number of rotatable bonds is 5. The van der Waals surface area contributed by atoms with Crippen LogP contribution >= 0.6 is 0 Å². The first-order chi connectivity index (χ1) is 13.5. The molecule has 1 fully saturated rings. The third-order valence-corrected chi connectivity index (χ3v) is 5.07. The van der Waals surface area contributed by atoms with Gasteiger partial charge in [0.2, 0.25) is 11.8 Å². The average Bonchev–Trinajstić information content (AvgIpc) is 2.73. The number of carbonyl (C=O) groups excluding carboxylic acids is 2. The van der Waals surface area contributed by atoms with Crippen molar-refractivity contribution in [3.05, 3.63) is 65.5 Å². The van der Waals surface area contributed by atoms with Crippen molar-refractivity contribution >= 4 is 17.5 Å². The summed E-state index contributed by atoms with van der Waals surface area (Å²) in [6.07, 6.45) is 2.03. The molecule has 0 saturated heterocycles. The molecular formula is C21H21F3N2O2. The van der Waals surface area contributed by atoms with Crippen LogP contribution in [-0.4, -0.2) is 11.8 Å². The summed E-state index contributed by atoms with van der Waals surface area (Å²) in [5.74, 6) is -5.41. The number of carbonyl (C=O) groups is 2. The van der Waals surface area contributed by atoms with E-state index in [1.54, 1.807) is 0 Å². The summed E-state index contributed by atoms with van der Waals surface area (Å²) >= 11 is 0. The first kappa shape index (κ1) is 19.9. The Balaban J connectivity index is 1.48. The van der Waals surface area contributed by atoms with E-state index < -0.39 is 29.3 Å². The molecule has 0 unspecified atom stereocenters. The highest BCUT2D eigenvalue weighted by atomic mass is 19.2. The second-order valence-corrected chi connectivity index (χ2v) is 6.96. The number of hydrogen-bond acceptors (Lipinski definition) is 2. The van der Waals surface area contributed by atoms with Crippen molar-refractivity contribution in [2.75, 3.05) is 5.32 Å². The molecule has 0 aromatic heterocycles. The molecule has 0 heterocycles. The minimum absolute atomic E-state index is 0.0469. The van der Waals surface area contributed by atoms with Crippen molar-refractivity contribution < 1.29 is 22.8 Å². The fourth-order valence-corrected chi connectivity index (χ4v) is 3.40. The zero-order valence-electron chi connectivity index (χ0n) is 15.2. The Kier molecular flexibility index (Phi) is 6.34. The van der Waals surface area contributed by atoms with Crippen LogP contribution in [0, 0.1) is 29.3 Å². The largest absolute Gasteiger partial charge is 0.352 e. The first-order valence-corrected chi connectivity index (χ1v) is 9.21. The van der Waals surface area contributed by atoms with Crippen LogP contribution in [-0.2, 0) is 16.1 Å². The van der Waals surface area contributed by atoms with Gasteiger partial charge in [0.15, 0.2) is 17.5 Å². The maximum Gasteiger partial charge on any atom is 0.227 e. The Bertz CT molecular complexity index is 850. The van der Waals surface area contributed by atoms with Crippen molar-refractivity contribution in [2.45, 2.75) is 32.2 Å². The summed E-state index contributed by atoms with van der Waals surface area (Å²) in [6, 6.07) is 11.3. The zero-order valence-corrected chi connectivity index (χ0v) is 15.2. The van der Waals surface area contributed by atoms with E-state index >= 15 is 0 Å². The highest BCUT2D eigenvalue weighted by molar-refractivity contribution is 5.93. The summed E-state index contributed by atoms with van der Waals surface area (Å²) < 4.78 is 39.9. The highest BCUT2D eigenvalue weighted by Crippen LogP contribution is 2.30. The van der Waals surface area contributed by atoms with Gasteiger partial charge in [-0.2, -0.15) is 0 Å². The molecule has 1 saturated carbocycles. The van der Waals surface area contributed by atoms with Crippen molar-refractivity contribution in [1.29, 1.82) is 0 Å². The molecule has 0 atom stereocenters. The van der Waals surface area contributed by atoms with Gasteiger partial charge in [0.1, 0.15) is 0 Å². The topological polar surface area (TPSA) is 58.2 Å². The van der Waals surface area contributed by atoms with Crippen LogP contribution in [0.25, 0.3) is 0 Å². The minimum Gasteiger partial charge on any atom is -0.352 e. The van der Waals surface area contributed by atoms with E-state index in [0.717, 1.165) is 17.7 Å². The first-order valence-electron chi connectivity index (χ1n) is 9.21. The predicted molar refractivity (Wildman–Crippen MR) is 98.7 cm³/mol. The van der Waals surface area contributed by atoms with E-state index in [1.807, 2.05) is 30.3 Å². The van der Waals surface area contributed by atoms with Gasteiger partial charge in [0, 0.05) is 18.4 Å². The lowest BCUT2D eigenvalue weighted by molar-refractivity contribution is -0.128. The standard InChI is InChI=1S/C21H21F3N2O2/c22-16-10-11-17(19(24)18(16)23)26-21(28)15-8-6-14(7-9-15)20(27)25-12-13-4-2-1-3-5-13/h1-5,10-11,14-15H,6-9,12H2,(H,25,27)(H,26,28). The van der Waals surface area contributed by atoms with Crippen LogP contribution in [0.5, 0.6) is 0 Å². The number of hydrogen-bond donors (Lipinski definition) is 2. The number of halogens is 3. The third kappa shape index (κ3) is 4.71. The van der Waals surface area contributed by atoms with Crippen LogP contribution in [0.3, 0.4) is 0 Å². The fraction of sp³-hybridized carbons (Fsp3) is 0.333. The Morgan fingerprint density at radius 1 is 0.821 bits per heavy atom. The SMILES string of the molecule is O=C(NCc1ccccc1)C1CCC(C(=O)Nc2ccc(F)c(F)c2F)CC1. The van der Waals surface area contributed by atoms with Gasteiger partial charge < -0.3 is 10.6 Å². The monoisotopic (exact) mass is 390 g/mol. The zero-order chi connectivity index (χ0) is 20.1. The van der Waals surface area contributed by atoms with Crippen molar-refractivity contribution in [2.24, 2.45) is 11.8 Å². The second-order valence-electron chi connectivity index (χ2n) is 6.96. The average molecular weight is 390 g/mol. The molecular weight excluding hydrogens is 369 g/mol. The molecule has 1 aliphatic carbocycles. The van der Waals surface area contributed by atoms with Gasteiger partial charge in [0.25, 0.3) is 0 Å². The minimum atomic E-state index is -1.61. The molecule has 0 radical (unpaired) electrons. The molecule has 28 heavy (non-hydrogen) atoms. The Labute approximate surface area is 161 Å². The molecule has 148 valence electrons. The van der Waals surface area contributed by atoms with Gasteiger partial charge in [-0.3, -0.25) is 9.59 Å². The van der Waals surface area contributed by atoms with E-state index in [4.69, 9.17) is 0 Å². The van der Waals surface area contributed by atoms with Crippen molar-refractivity contribution in [3.8, 4) is 0 Å². The van der Waals surface area contributed by atoms with Crippen LogP contribution < -0.4 is 10.6 Å². The Morgan fingerprint density at radius 2 is 1.43 bits per heavy atom. The quantitative estimate of drug-likeness (QED) is 0.753. The molecule has 1 aliphatic rings. The lowest BCUT2D eigenvalue weighted by atomic mass is 9.81. The van der Waals surface area contributed by atoms with Gasteiger partial charge in [0.05, 0.1) is 5.69 Å². The molecule has 0 spiro atoms. The lowest BCUT2D eigenvalue weighted by Gasteiger charge is -2.27. The van der Waals surface area contributed by atoms with E-state index in [9.17, 15) is 22.8 Å².